The molecule has 0 spiro atoms. The van der Waals surface area contributed by atoms with Crippen LogP contribution in [0.1, 0.15) is 0 Å². The zero-order valence-electron chi connectivity index (χ0n) is 32.7. The molecule has 10 heterocycles. The molecule has 0 unspecified atom stereocenters. The molecule has 282 valence electrons. The van der Waals surface area contributed by atoms with Crippen LogP contribution in [0.4, 0.5) is 0 Å². The monoisotopic (exact) mass is 782 g/mol. The fraction of sp³-hybridized carbons (Fsp3) is 0. The van der Waals surface area contributed by atoms with Gasteiger partial charge < -0.3 is 0 Å². The summed E-state index contributed by atoms with van der Waals surface area (Å²) >= 11 is 0. The second-order valence-corrected chi connectivity index (χ2v) is 13.9. The van der Waals surface area contributed by atoms with Gasteiger partial charge in [-0.1, -0.05) is 6.07 Å². The van der Waals surface area contributed by atoms with Gasteiger partial charge in [-0.2, -0.15) is 0 Å². The summed E-state index contributed by atoms with van der Waals surface area (Å²) < 4.78 is 21.9. The Balaban J connectivity index is 1.12. The highest BCUT2D eigenvalue weighted by atomic mass is 15.5. The topological polar surface area (TPSA) is 38.8 Å². The lowest BCUT2D eigenvalue weighted by molar-refractivity contribution is -1.30. The zero-order chi connectivity index (χ0) is 40.1. The average Bonchev–Trinajstić information content (AvgIpc) is 3.34. The molecule has 60 heavy (non-hydrogen) atoms. The van der Waals surface area contributed by atoms with Crippen molar-refractivity contribution in [3.8, 4) is 46.5 Å². The van der Waals surface area contributed by atoms with Crippen molar-refractivity contribution in [3.63, 3.8) is 0 Å². The number of hydrogen-bond donors (Lipinski definition) is 0. The molecule has 0 N–H and O–H groups in total. The van der Waals surface area contributed by atoms with E-state index in [4.69, 9.17) is 0 Å². The lowest BCUT2D eigenvalue weighted by Crippen LogP contribution is -2.71. The van der Waals surface area contributed by atoms with Crippen molar-refractivity contribution in [2.75, 3.05) is 0 Å². The normalized spacial score (nSPS) is 11.0. The van der Waals surface area contributed by atoms with Crippen LogP contribution in [-0.4, -0.2) is 0 Å². The molecule has 0 radical (unpaired) electrons. The quantitative estimate of drug-likeness (QED) is 0.203. The van der Waals surface area contributed by atoms with E-state index in [0.29, 0.717) is 0 Å². The summed E-state index contributed by atoms with van der Waals surface area (Å²) in [6, 6.07) is 62.6. The largest absolute Gasteiger partial charge is 0.518 e. The predicted molar refractivity (Wildman–Crippen MR) is 216 cm³/mol. The van der Waals surface area contributed by atoms with E-state index in [2.05, 4.69) is 247 Å². The lowest BCUT2D eigenvalue weighted by atomic mass is 10.3. The fourth-order valence-electron chi connectivity index (χ4n) is 7.68. The minimum atomic E-state index is 0.950. The van der Waals surface area contributed by atoms with Gasteiger partial charge in [0.05, 0.1) is 53.2 Å². The summed E-state index contributed by atoms with van der Waals surface area (Å²) in [7, 11) is 0. The van der Waals surface area contributed by atoms with Gasteiger partial charge in [-0.3, -0.25) is 0 Å². The van der Waals surface area contributed by atoms with E-state index in [9.17, 15) is 0 Å². The summed E-state index contributed by atoms with van der Waals surface area (Å²) in [6.45, 7) is 0. The Kier molecular flexibility index (Phi) is 9.67. The van der Waals surface area contributed by atoms with Gasteiger partial charge >= 0.3 is 46.5 Å². The first-order chi connectivity index (χ1) is 29.8. The van der Waals surface area contributed by atoms with E-state index in [0.717, 1.165) is 46.5 Å². The number of hydrogen-bond acceptors (Lipinski definition) is 0. The van der Waals surface area contributed by atoms with Gasteiger partial charge in [0.15, 0.2) is 55.8 Å². The molecule has 0 aromatic carbocycles. The van der Waals surface area contributed by atoms with E-state index in [1.165, 1.54) is 0 Å². The summed E-state index contributed by atoms with van der Waals surface area (Å²) in [5.41, 5.74) is 0. The van der Waals surface area contributed by atoms with Crippen LogP contribution >= 0.6 is 0 Å². The molecular weight excluding hydrogens is 741 g/mol. The molecule has 0 saturated heterocycles. The Hall–Kier alpha value is -8.50. The molecule has 10 nitrogen and oxygen atoms in total. The Morgan fingerprint density at radius 3 is 0.800 bits per heavy atom. The van der Waals surface area contributed by atoms with Crippen LogP contribution in [0.3, 0.4) is 0 Å². The SMILES string of the molecule is c1cc[n+](-c2cccc[n+]2-c2cccc[n+]2-c2cccc[n+]2-c2cccc[n+]2-c2cccc[n+]2-c2cccc[n+]2-c2cccc[n+]2-c2cccc[n+]2-[n+]2ccccc2)cc1. The molecule has 0 bridgehead atoms. The number of aromatic nitrogens is 10. The maximum Gasteiger partial charge on any atom is 0.518 e. The van der Waals surface area contributed by atoms with Crippen LogP contribution in [0.5, 0.6) is 0 Å². The summed E-state index contributed by atoms with van der Waals surface area (Å²) in [5, 5.41) is 0. The number of nitrogens with zero attached hydrogens (tertiary/aromatic N) is 10. The molecule has 0 atom stereocenters. The average molecular weight is 783 g/mol. The molecule has 0 saturated carbocycles. The summed E-state index contributed by atoms with van der Waals surface area (Å²) in [4.78, 5) is 0. The standard InChI is InChI=1S/C50H42N10/c1-11-31-51(32-12-1)43-23-3-15-35-53(43)44-24-4-16-36-54(44)45-25-5-17-37-55(45)46-26-6-18-38-56(46)47-27-7-19-39-57(47)48-28-8-20-40-58(48)49-29-9-21-41-59(49)50-30-10-22-42-60(50)52-33-13-2-14-34-52/h1-42H/q+10. The van der Waals surface area contributed by atoms with Gasteiger partial charge in [0.2, 0.25) is 18.6 Å². The lowest BCUT2D eigenvalue weighted by Gasteiger charge is -2.02. The molecule has 0 aliphatic carbocycles. The van der Waals surface area contributed by atoms with E-state index < -0.39 is 0 Å². The van der Waals surface area contributed by atoms with Crippen LogP contribution in [0.15, 0.2) is 256 Å². The highest BCUT2D eigenvalue weighted by Gasteiger charge is 2.42. The Labute approximate surface area is 347 Å². The van der Waals surface area contributed by atoms with Crippen molar-refractivity contribution in [1.82, 2.24) is 0 Å². The van der Waals surface area contributed by atoms with Crippen molar-refractivity contribution >= 4 is 0 Å². The van der Waals surface area contributed by atoms with Gasteiger partial charge in [-0.25, -0.2) is 0 Å². The molecule has 0 aliphatic rings. The minimum absolute atomic E-state index is 0.950. The summed E-state index contributed by atoms with van der Waals surface area (Å²) in [6.07, 6.45) is 25.1. The van der Waals surface area contributed by atoms with E-state index in [1.54, 1.807) is 0 Å². The Bertz CT molecular complexity index is 2910. The highest BCUT2D eigenvalue weighted by molar-refractivity contribution is 5.20. The van der Waals surface area contributed by atoms with E-state index >= 15 is 0 Å². The van der Waals surface area contributed by atoms with Gasteiger partial charge in [0.25, 0.3) is 0 Å². The van der Waals surface area contributed by atoms with E-state index in [-0.39, 0.29) is 0 Å². The summed E-state index contributed by atoms with van der Waals surface area (Å²) in [5.74, 6) is 7.74. The second-order valence-electron chi connectivity index (χ2n) is 13.9. The van der Waals surface area contributed by atoms with Crippen LogP contribution in [-0.2, 0) is 0 Å². The first-order valence-corrected chi connectivity index (χ1v) is 19.9. The maximum atomic E-state index is 2.24. The van der Waals surface area contributed by atoms with E-state index in [1.807, 2.05) is 54.9 Å². The van der Waals surface area contributed by atoms with Crippen LogP contribution in [0, 0.1) is 0 Å². The smallest absolute Gasteiger partial charge is 0.111 e. The second kappa shape index (κ2) is 16.2. The third-order valence-corrected chi connectivity index (χ3v) is 10.3. The van der Waals surface area contributed by atoms with Gasteiger partial charge in [-0.05, 0) is 86.6 Å². The van der Waals surface area contributed by atoms with Crippen molar-refractivity contribution in [1.29, 1.82) is 0 Å². The molecule has 10 aromatic heterocycles. The number of pyridine rings is 10. The maximum absolute atomic E-state index is 2.24. The Morgan fingerprint density at radius 2 is 0.433 bits per heavy atom. The minimum Gasteiger partial charge on any atom is -0.111 e. The zero-order valence-corrected chi connectivity index (χ0v) is 32.7. The molecule has 0 aliphatic heterocycles. The Morgan fingerprint density at radius 1 is 0.183 bits per heavy atom. The third-order valence-electron chi connectivity index (χ3n) is 10.3. The first kappa shape index (κ1) is 35.9. The molecule has 10 aromatic rings. The molecule has 10 heteroatoms. The third kappa shape index (κ3) is 6.73. The molecule has 0 fully saturated rings. The van der Waals surface area contributed by atoms with Crippen molar-refractivity contribution in [2.45, 2.75) is 0 Å². The molecular formula is C50H42N10+10. The van der Waals surface area contributed by atoms with Crippen molar-refractivity contribution in [2.24, 2.45) is 0 Å². The molecule has 10 rings (SSSR count). The van der Waals surface area contributed by atoms with Crippen molar-refractivity contribution < 1.29 is 45.9 Å². The van der Waals surface area contributed by atoms with Crippen LogP contribution in [0.25, 0.3) is 46.5 Å². The van der Waals surface area contributed by atoms with Crippen molar-refractivity contribution in [3.05, 3.63) is 256 Å². The molecule has 0 amide bonds. The fourth-order valence-corrected chi connectivity index (χ4v) is 7.68. The predicted octanol–water partition coefficient (Wildman–Crippen LogP) is 2.79. The van der Waals surface area contributed by atoms with Crippen LogP contribution < -0.4 is 45.9 Å². The number of rotatable bonds is 9. The van der Waals surface area contributed by atoms with Gasteiger partial charge in [-0.15, -0.1) is 4.57 Å². The van der Waals surface area contributed by atoms with Gasteiger partial charge in [0, 0.05) is 72.8 Å². The van der Waals surface area contributed by atoms with Gasteiger partial charge in [0.1, 0.15) is 4.68 Å². The highest BCUT2D eigenvalue weighted by Crippen LogP contribution is 2.07. The van der Waals surface area contributed by atoms with Crippen LogP contribution in [0.2, 0.25) is 0 Å². The first-order valence-electron chi connectivity index (χ1n) is 19.9.